The summed E-state index contributed by atoms with van der Waals surface area (Å²) in [6, 6.07) is 3.54. The highest BCUT2D eigenvalue weighted by Gasteiger charge is 2.39. The monoisotopic (exact) mass is 516 g/mol. The summed E-state index contributed by atoms with van der Waals surface area (Å²) in [5, 5.41) is 18.4. The third-order valence-electron chi connectivity index (χ3n) is 6.01. The molecule has 3 atom stereocenters. The maximum atomic E-state index is 13.2. The first kappa shape index (κ1) is 27.3. The topological polar surface area (TPSA) is 149 Å². The predicted molar refractivity (Wildman–Crippen MR) is 135 cm³/mol. The second kappa shape index (κ2) is 10.3. The number of amides is 3. The van der Waals surface area contributed by atoms with Gasteiger partial charge in [0.05, 0.1) is 23.7 Å². The van der Waals surface area contributed by atoms with Gasteiger partial charge in [-0.05, 0) is 50.7 Å². The van der Waals surface area contributed by atoms with Crippen molar-refractivity contribution < 1.29 is 19.1 Å². The van der Waals surface area contributed by atoms with Gasteiger partial charge in [-0.15, -0.1) is 0 Å². The zero-order valence-electron chi connectivity index (χ0n) is 21.4. The Labute approximate surface area is 215 Å². The summed E-state index contributed by atoms with van der Waals surface area (Å²) < 4.78 is 5.30. The van der Waals surface area contributed by atoms with E-state index < -0.39 is 23.9 Å². The molecule has 0 spiro atoms. The summed E-state index contributed by atoms with van der Waals surface area (Å²) in [6.07, 6.45) is 1.07. The summed E-state index contributed by atoms with van der Waals surface area (Å²) in [5.41, 5.74) is 0.175. The average Bonchev–Trinajstić information content (AvgIpc) is 3.33. The van der Waals surface area contributed by atoms with Crippen LogP contribution in [0.4, 0.5) is 0 Å². The molecule has 0 unspecified atom stereocenters. The van der Waals surface area contributed by atoms with Gasteiger partial charge in [0, 0.05) is 11.5 Å². The minimum Gasteiger partial charge on any atom is -0.494 e. The van der Waals surface area contributed by atoms with E-state index >= 15 is 0 Å². The molecule has 0 radical (unpaired) electrons. The van der Waals surface area contributed by atoms with Crippen LogP contribution in [0.2, 0.25) is 5.02 Å². The van der Waals surface area contributed by atoms with E-state index in [1.165, 1.54) is 7.11 Å². The molecule has 3 rings (SSSR count). The Morgan fingerprint density at radius 1 is 1.33 bits per heavy atom. The fourth-order valence-electron chi connectivity index (χ4n) is 4.44. The highest BCUT2D eigenvalue weighted by molar-refractivity contribution is 6.35. The van der Waals surface area contributed by atoms with Gasteiger partial charge in [0.15, 0.2) is 5.82 Å². The summed E-state index contributed by atoms with van der Waals surface area (Å²) in [7, 11) is 1.49. The van der Waals surface area contributed by atoms with Gasteiger partial charge in [0.2, 0.25) is 11.8 Å². The van der Waals surface area contributed by atoms with Crippen molar-refractivity contribution in [3.63, 3.8) is 0 Å². The SMILES string of the molecule is COc1ccc(Cl)c2[nH]c(C(=O)N[C@@H](CC(C)(C)C)C(=O)N[C@H](C#N)C[C@@H]3CC(C)(C)NC3=O)nc12. The molecule has 0 bridgehead atoms. The molecule has 0 saturated carbocycles. The van der Waals surface area contributed by atoms with Crippen LogP contribution in [0.3, 0.4) is 0 Å². The van der Waals surface area contributed by atoms with E-state index in [1.807, 2.05) is 34.6 Å². The zero-order valence-corrected chi connectivity index (χ0v) is 22.2. The van der Waals surface area contributed by atoms with E-state index in [0.717, 1.165) is 0 Å². The van der Waals surface area contributed by atoms with Crippen LogP contribution >= 0.6 is 11.6 Å². The molecule has 2 aromatic rings. The van der Waals surface area contributed by atoms with E-state index in [-0.39, 0.29) is 35.0 Å². The molecule has 1 aromatic heterocycles. The molecular weight excluding hydrogens is 484 g/mol. The number of carbonyl (C=O) groups excluding carboxylic acids is 3. The van der Waals surface area contributed by atoms with Crippen LogP contribution in [-0.2, 0) is 9.59 Å². The second-order valence-electron chi connectivity index (χ2n) is 11.0. The molecule has 2 heterocycles. The van der Waals surface area contributed by atoms with E-state index in [9.17, 15) is 19.6 Å². The highest BCUT2D eigenvalue weighted by atomic mass is 35.5. The molecule has 11 heteroatoms. The Hall–Kier alpha value is -3.32. The normalized spacial score (nSPS) is 18.7. The smallest absolute Gasteiger partial charge is 0.287 e. The van der Waals surface area contributed by atoms with Crippen LogP contribution in [0, 0.1) is 22.7 Å². The first-order valence-electron chi connectivity index (χ1n) is 11.8. The molecule has 0 aliphatic carbocycles. The summed E-state index contributed by atoms with van der Waals surface area (Å²) in [6.45, 7) is 9.66. The molecule has 3 amide bonds. The molecular formula is C25H33ClN6O4. The van der Waals surface area contributed by atoms with E-state index in [1.54, 1.807) is 12.1 Å². The molecule has 4 N–H and O–H groups in total. The number of nitrogens with zero attached hydrogens (tertiary/aromatic N) is 2. The number of fused-ring (bicyclic) bond motifs is 1. The number of hydrogen-bond donors (Lipinski definition) is 4. The molecule has 1 aliphatic heterocycles. The van der Waals surface area contributed by atoms with E-state index in [2.05, 4.69) is 32.0 Å². The molecule has 1 fully saturated rings. The first-order chi connectivity index (χ1) is 16.7. The molecule has 10 nitrogen and oxygen atoms in total. The Balaban J connectivity index is 1.77. The van der Waals surface area contributed by atoms with Crippen molar-refractivity contribution in [3.8, 4) is 11.8 Å². The molecule has 1 saturated heterocycles. The molecule has 36 heavy (non-hydrogen) atoms. The number of methoxy groups -OCH3 is 1. The van der Waals surface area contributed by atoms with Gasteiger partial charge < -0.3 is 25.7 Å². The van der Waals surface area contributed by atoms with Crippen molar-refractivity contribution in [2.45, 2.75) is 71.5 Å². The number of imidazole rings is 1. The molecule has 1 aromatic carbocycles. The standard InChI is InChI=1S/C25H33ClN6O4/c1-24(2,3)11-16(22(34)28-14(12-27)9-13-10-25(4,5)32-21(13)33)29-23(35)20-30-18-15(26)7-8-17(36-6)19(18)31-20/h7-8,13-14,16H,9-11H2,1-6H3,(H,28,34)(H,29,35)(H,30,31)(H,32,33)/t13-,14+,16+/m1/s1. The maximum Gasteiger partial charge on any atom is 0.287 e. The number of hydrogen-bond acceptors (Lipinski definition) is 6. The van der Waals surface area contributed by atoms with Gasteiger partial charge >= 0.3 is 0 Å². The third kappa shape index (κ3) is 6.46. The summed E-state index contributed by atoms with van der Waals surface area (Å²) in [5.74, 6) is -1.19. The Kier molecular flexibility index (Phi) is 7.84. The van der Waals surface area contributed by atoms with Crippen molar-refractivity contribution in [2.75, 3.05) is 7.11 Å². The van der Waals surface area contributed by atoms with Gasteiger partial charge in [0.1, 0.15) is 23.3 Å². The third-order valence-corrected chi connectivity index (χ3v) is 6.33. The van der Waals surface area contributed by atoms with Gasteiger partial charge in [0.25, 0.3) is 5.91 Å². The Morgan fingerprint density at radius 2 is 2.03 bits per heavy atom. The number of carbonyl (C=O) groups is 3. The first-order valence-corrected chi connectivity index (χ1v) is 12.2. The number of H-pyrrole nitrogens is 1. The van der Waals surface area contributed by atoms with Crippen molar-refractivity contribution in [1.29, 1.82) is 5.26 Å². The van der Waals surface area contributed by atoms with Crippen LogP contribution in [0.25, 0.3) is 11.0 Å². The Morgan fingerprint density at radius 3 is 2.58 bits per heavy atom. The van der Waals surface area contributed by atoms with Crippen LogP contribution in [0.5, 0.6) is 5.75 Å². The van der Waals surface area contributed by atoms with E-state index in [0.29, 0.717) is 34.6 Å². The van der Waals surface area contributed by atoms with Crippen molar-refractivity contribution in [1.82, 2.24) is 25.9 Å². The minimum absolute atomic E-state index is 0.0233. The highest BCUT2D eigenvalue weighted by Crippen LogP contribution is 2.30. The van der Waals surface area contributed by atoms with Gasteiger partial charge in [-0.1, -0.05) is 32.4 Å². The maximum absolute atomic E-state index is 13.2. The quantitative estimate of drug-likeness (QED) is 0.423. The lowest BCUT2D eigenvalue weighted by Gasteiger charge is -2.27. The van der Waals surface area contributed by atoms with Crippen LogP contribution < -0.4 is 20.7 Å². The predicted octanol–water partition coefficient (Wildman–Crippen LogP) is 3.07. The fourth-order valence-corrected chi connectivity index (χ4v) is 4.64. The average molecular weight is 517 g/mol. The number of nitriles is 1. The van der Waals surface area contributed by atoms with Gasteiger partial charge in [-0.2, -0.15) is 5.26 Å². The van der Waals surface area contributed by atoms with Crippen LogP contribution in [0.1, 0.15) is 64.5 Å². The number of nitrogens with one attached hydrogen (secondary N) is 4. The van der Waals surface area contributed by atoms with Crippen molar-refractivity contribution in [2.24, 2.45) is 11.3 Å². The number of halogens is 1. The number of ether oxygens (including phenoxy) is 1. The zero-order chi connectivity index (χ0) is 26.8. The lowest BCUT2D eigenvalue weighted by atomic mass is 9.87. The number of aromatic amines is 1. The van der Waals surface area contributed by atoms with Crippen LogP contribution in [-0.4, -0.2) is 52.4 Å². The van der Waals surface area contributed by atoms with Crippen LogP contribution in [0.15, 0.2) is 12.1 Å². The lowest BCUT2D eigenvalue weighted by Crippen LogP contribution is -2.51. The number of aromatic nitrogens is 2. The largest absolute Gasteiger partial charge is 0.494 e. The van der Waals surface area contributed by atoms with Crippen molar-refractivity contribution in [3.05, 3.63) is 23.0 Å². The molecule has 1 aliphatic rings. The number of rotatable bonds is 8. The molecule has 194 valence electrons. The number of benzene rings is 1. The van der Waals surface area contributed by atoms with Gasteiger partial charge in [-0.25, -0.2) is 4.98 Å². The summed E-state index contributed by atoms with van der Waals surface area (Å²) >= 11 is 6.24. The van der Waals surface area contributed by atoms with Gasteiger partial charge in [-0.3, -0.25) is 14.4 Å². The minimum atomic E-state index is -0.937. The summed E-state index contributed by atoms with van der Waals surface area (Å²) in [4.78, 5) is 45.8. The second-order valence-corrected chi connectivity index (χ2v) is 11.5. The van der Waals surface area contributed by atoms with Crippen molar-refractivity contribution >= 4 is 40.4 Å². The fraction of sp³-hybridized carbons (Fsp3) is 0.560. The lowest BCUT2D eigenvalue weighted by molar-refractivity contribution is -0.125. The van der Waals surface area contributed by atoms with E-state index in [4.69, 9.17) is 16.3 Å². The Bertz CT molecular complexity index is 1210.